The molecule has 0 radical (unpaired) electrons. The van der Waals surface area contributed by atoms with Crippen molar-refractivity contribution >= 4 is 11.7 Å². The Kier molecular flexibility index (Phi) is 7.36. The second kappa shape index (κ2) is 10.9. The van der Waals surface area contributed by atoms with Gasteiger partial charge >= 0.3 is 0 Å². The predicted octanol–water partition coefficient (Wildman–Crippen LogP) is 5.64. The molecular weight excluding hydrogens is 481 g/mol. The van der Waals surface area contributed by atoms with Crippen molar-refractivity contribution in [2.75, 3.05) is 34.4 Å². The largest absolute Gasteiger partial charge is 0.497 e. The number of amidine groups is 1. The van der Waals surface area contributed by atoms with E-state index in [1.54, 1.807) is 20.3 Å². The zero-order valence-electron chi connectivity index (χ0n) is 22.5. The lowest BCUT2D eigenvalue weighted by Gasteiger charge is -2.31. The lowest BCUT2D eigenvalue weighted by atomic mass is 9.86. The van der Waals surface area contributed by atoms with Gasteiger partial charge in [-0.05, 0) is 89.5 Å². The lowest BCUT2D eigenvalue weighted by molar-refractivity contribution is 0.0726. The number of carbonyl (C=O) groups is 1. The third-order valence-electron chi connectivity index (χ3n) is 7.55. The lowest BCUT2D eigenvalue weighted by Crippen LogP contribution is -2.37. The van der Waals surface area contributed by atoms with Crippen LogP contribution in [0.1, 0.15) is 45.5 Å². The maximum atomic E-state index is 14.0. The zero-order chi connectivity index (χ0) is 26.8. The molecule has 0 aliphatic carbocycles. The molecule has 38 heavy (non-hydrogen) atoms. The second-order valence-electron chi connectivity index (χ2n) is 9.99. The van der Waals surface area contributed by atoms with E-state index >= 15 is 0 Å². The number of aliphatic imine (C=N–C) groups is 1. The number of methoxy groups -OCH3 is 2. The molecule has 5 rings (SSSR count). The highest BCUT2D eigenvalue weighted by atomic mass is 19.1. The van der Waals surface area contributed by atoms with Crippen molar-refractivity contribution in [2.24, 2.45) is 4.99 Å². The summed E-state index contributed by atoms with van der Waals surface area (Å²) in [5, 5.41) is 0. The highest BCUT2D eigenvalue weighted by Gasteiger charge is 2.29. The SMILES string of the molecule is CN=C1CCCN1Cc1cc2c(c(-c3ccc(F)cc3C)c1)CCN(Cc1cc(OC)cc(OC)c1)C2=O. The zero-order valence-corrected chi connectivity index (χ0v) is 22.5. The first kappa shape index (κ1) is 25.8. The van der Waals surface area contributed by atoms with E-state index in [0.29, 0.717) is 31.1 Å². The molecule has 2 aliphatic heterocycles. The van der Waals surface area contributed by atoms with E-state index in [1.165, 1.54) is 6.07 Å². The summed E-state index contributed by atoms with van der Waals surface area (Å²) >= 11 is 0. The van der Waals surface area contributed by atoms with Crippen LogP contribution in [0.25, 0.3) is 11.1 Å². The Morgan fingerprint density at radius 3 is 2.21 bits per heavy atom. The number of nitrogens with zero attached hydrogens (tertiary/aromatic N) is 3. The Labute approximate surface area is 223 Å². The van der Waals surface area contributed by atoms with Crippen LogP contribution in [-0.4, -0.2) is 55.9 Å². The molecule has 6 nitrogen and oxygen atoms in total. The number of halogens is 1. The number of likely N-dealkylation sites (tertiary alicyclic amines) is 1. The molecule has 1 amide bonds. The number of hydrogen-bond acceptors (Lipinski definition) is 4. The highest BCUT2D eigenvalue weighted by Crippen LogP contribution is 2.35. The maximum Gasteiger partial charge on any atom is 0.254 e. The Morgan fingerprint density at radius 1 is 0.842 bits per heavy atom. The summed E-state index contributed by atoms with van der Waals surface area (Å²) < 4.78 is 24.8. The molecule has 7 heteroatoms. The van der Waals surface area contributed by atoms with Crippen molar-refractivity contribution in [3.63, 3.8) is 0 Å². The van der Waals surface area contributed by atoms with E-state index in [9.17, 15) is 9.18 Å². The predicted molar refractivity (Wildman–Crippen MR) is 148 cm³/mol. The number of benzene rings is 3. The molecular formula is C31H34FN3O3. The quantitative estimate of drug-likeness (QED) is 0.409. The van der Waals surface area contributed by atoms with Crippen LogP contribution >= 0.6 is 0 Å². The van der Waals surface area contributed by atoms with Gasteiger partial charge in [0.1, 0.15) is 17.3 Å². The van der Waals surface area contributed by atoms with E-state index in [2.05, 4.69) is 16.0 Å². The number of aryl methyl sites for hydroxylation is 1. The van der Waals surface area contributed by atoms with E-state index < -0.39 is 0 Å². The molecule has 2 heterocycles. The topological polar surface area (TPSA) is 54.4 Å². The third-order valence-corrected chi connectivity index (χ3v) is 7.55. The minimum atomic E-state index is -0.256. The Balaban J connectivity index is 1.54. The summed E-state index contributed by atoms with van der Waals surface area (Å²) in [5.74, 6) is 2.23. The average Bonchev–Trinajstić information content (AvgIpc) is 3.37. The van der Waals surface area contributed by atoms with Gasteiger partial charge in [-0.2, -0.15) is 0 Å². The molecule has 0 unspecified atom stereocenters. The summed E-state index contributed by atoms with van der Waals surface area (Å²) in [4.78, 5) is 22.6. The van der Waals surface area contributed by atoms with Gasteiger partial charge < -0.3 is 19.3 Å². The summed E-state index contributed by atoms with van der Waals surface area (Å²) in [6.07, 6.45) is 2.78. The summed E-state index contributed by atoms with van der Waals surface area (Å²) in [5.41, 5.74) is 6.60. The first-order chi connectivity index (χ1) is 18.4. The number of carbonyl (C=O) groups excluding carboxylic acids is 1. The molecule has 0 saturated carbocycles. The van der Waals surface area contributed by atoms with Gasteiger partial charge in [-0.25, -0.2) is 4.39 Å². The molecule has 1 fully saturated rings. The van der Waals surface area contributed by atoms with Gasteiger partial charge in [0.25, 0.3) is 5.91 Å². The van der Waals surface area contributed by atoms with Crippen LogP contribution in [0.2, 0.25) is 0 Å². The highest BCUT2D eigenvalue weighted by molar-refractivity contribution is 5.99. The van der Waals surface area contributed by atoms with Gasteiger partial charge in [0.15, 0.2) is 0 Å². The minimum absolute atomic E-state index is 0.00158. The van der Waals surface area contributed by atoms with Crippen LogP contribution in [0.15, 0.2) is 53.5 Å². The molecule has 0 N–H and O–H groups in total. The normalized spacial score (nSPS) is 16.2. The Bertz CT molecular complexity index is 1380. The molecule has 3 aromatic rings. The van der Waals surface area contributed by atoms with Crippen LogP contribution < -0.4 is 9.47 Å². The standard InChI is InChI=1S/C31H34FN3O3/c1-20-12-23(32)7-8-26(20)28-15-22(18-34-10-5-6-30(34)33-2)16-29-27(28)9-11-35(31(29)36)19-21-13-24(37-3)17-25(14-21)38-4/h7-8,12-17H,5-6,9-11,18-19H2,1-4H3. The van der Waals surface area contributed by atoms with Gasteiger partial charge in [0.05, 0.1) is 20.1 Å². The number of ether oxygens (including phenoxy) is 2. The maximum absolute atomic E-state index is 14.0. The number of rotatable bonds is 7. The fourth-order valence-electron chi connectivity index (χ4n) is 5.66. The van der Waals surface area contributed by atoms with Gasteiger partial charge in [-0.1, -0.05) is 6.07 Å². The monoisotopic (exact) mass is 515 g/mol. The molecule has 0 aromatic heterocycles. The molecule has 198 valence electrons. The smallest absolute Gasteiger partial charge is 0.254 e. The molecule has 0 atom stereocenters. The van der Waals surface area contributed by atoms with Crippen molar-refractivity contribution in [1.82, 2.24) is 9.80 Å². The summed E-state index contributed by atoms with van der Waals surface area (Å²) in [6, 6.07) is 14.8. The van der Waals surface area contributed by atoms with Crippen molar-refractivity contribution < 1.29 is 18.7 Å². The summed E-state index contributed by atoms with van der Waals surface area (Å²) in [7, 11) is 5.08. The van der Waals surface area contributed by atoms with Gasteiger partial charge in [-0.3, -0.25) is 9.79 Å². The fourth-order valence-corrected chi connectivity index (χ4v) is 5.66. The Hall–Kier alpha value is -3.87. The van der Waals surface area contributed by atoms with Crippen LogP contribution in [0.4, 0.5) is 4.39 Å². The van der Waals surface area contributed by atoms with Crippen molar-refractivity contribution in [2.45, 2.75) is 39.3 Å². The van der Waals surface area contributed by atoms with Gasteiger partial charge in [0.2, 0.25) is 0 Å². The first-order valence-electron chi connectivity index (χ1n) is 13.0. The third kappa shape index (κ3) is 5.10. The molecule has 1 saturated heterocycles. The minimum Gasteiger partial charge on any atom is -0.497 e. The number of fused-ring (bicyclic) bond motifs is 1. The van der Waals surface area contributed by atoms with Crippen LogP contribution in [0.3, 0.4) is 0 Å². The number of amides is 1. The van der Waals surface area contributed by atoms with Gasteiger partial charge in [0, 0.05) is 51.3 Å². The van der Waals surface area contributed by atoms with Crippen molar-refractivity contribution in [1.29, 1.82) is 0 Å². The van der Waals surface area contributed by atoms with Crippen LogP contribution in [0, 0.1) is 12.7 Å². The van der Waals surface area contributed by atoms with Gasteiger partial charge in [-0.15, -0.1) is 0 Å². The molecule has 2 aliphatic rings. The average molecular weight is 516 g/mol. The van der Waals surface area contributed by atoms with Crippen molar-refractivity contribution in [3.05, 3.63) is 82.2 Å². The van der Waals surface area contributed by atoms with Crippen LogP contribution in [0.5, 0.6) is 11.5 Å². The van der Waals surface area contributed by atoms with E-state index in [1.807, 2.05) is 49.2 Å². The van der Waals surface area contributed by atoms with E-state index in [-0.39, 0.29) is 11.7 Å². The first-order valence-corrected chi connectivity index (χ1v) is 13.0. The van der Waals surface area contributed by atoms with Crippen LogP contribution in [-0.2, 0) is 19.5 Å². The van der Waals surface area contributed by atoms with E-state index in [0.717, 1.165) is 70.6 Å². The summed E-state index contributed by atoms with van der Waals surface area (Å²) in [6.45, 7) is 4.61. The number of hydrogen-bond donors (Lipinski definition) is 0. The second-order valence-corrected chi connectivity index (χ2v) is 9.99. The fraction of sp³-hybridized carbons (Fsp3) is 0.355. The molecule has 0 spiro atoms. The molecule has 0 bridgehead atoms. The Morgan fingerprint density at radius 2 is 1.53 bits per heavy atom. The molecule has 3 aromatic carbocycles. The van der Waals surface area contributed by atoms with Crippen molar-refractivity contribution in [3.8, 4) is 22.6 Å². The van der Waals surface area contributed by atoms with E-state index in [4.69, 9.17) is 9.47 Å².